The van der Waals surface area contributed by atoms with E-state index < -0.39 is 11.8 Å². The number of para-hydroxylation sites is 1. The van der Waals surface area contributed by atoms with Crippen LogP contribution in [-0.2, 0) is 4.79 Å². The molecule has 0 bridgehead atoms. The fourth-order valence-electron chi connectivity index (χ4n) is 2.90. The summed E-state index contributed by atoms with van der Waals surface area (Å²) in [6.07, 6.45) is 7.55. The van der Waals surface area contributed by atoms with Crippen molar-refractivity contribution < 1.29 is 19.1 Å². The third-order valence-electron chi connectivity index (χ3n) is 4.41. The number of hydrazine groups is 1. The molecule has 0 saturated heterocycles. The van der Waals surface area contributed by atoms with Crippen LogP contribution in [0.5, 0.6) is 11.5 Å². The number of amides is 2. The summed E-state index contributed by atoms with van der Waals surface area (Å²) in [5.74, 6) is 0.368. The van der Waals surface area contributed by atoms with Crippen molar-refractivity contribution in [1.82, 2.24) is 15.4 Å². The molecule has 0 unspecified atom stereocenters. The van der Waals surface area contributed by atoms with E-state index in [1.54, 1.807) is 37.5 Å². The number of hydrogen-bond acceptors (Lipinski definition) is 4. The highest BCUT2D eigenvalue weighted by molar-refractivity contribution is 6.00. The van der Waals surface area contributed by atoms with Crippen molar-refractivity contribution >= 4 is 17.9 Å². The minimum absolute atomic E-state index is 0.412. The molecule has 0 aliphatic carbocycles. The molecule has 0 spiro atoms. The number of nitrogens with zero attached hydrogens (tertiary/aromatic N) is 1. The van der Waals surface area contributed by atoms with Crippen molar-refractivity contribution in [3.63, 3.8) is 0 Å². The van der Waals surface area contributed by atoms with Gasteiger partial charge in [-0.25, -0.2) is 0 Å². The fraction of sp³-hybridized carbons (Fsp3) is 0.167. The molecule has 31 heavy (non-hydrogen) atoms. The van der Waals surface area contributed by atoms with Crippen LogP contribution in [0.4, 0.5) is 0 Å². The van der Waals surface area contributed by atoms with Gasteiger partial charge >= 0.3 is 0 Å². The number of carbonyl (C=O) groups is 2. The van der Waals surface area contributed by atoms with E-state index >= 15 is 0 Å². The topological polar surface area (TPSA) is 81.6 Å². The van der Waals surface area contributed by atoms with Gasteiger partial charge in [0.05, 0.1) is 25.0 Å². The van der Waals surface area contributed by atoms with Crippen LogP contribution < -0.4 is 20.3 Å². The van der Waals surface area contributed by atoms with Gasteiger partial charge in [0.15, 0.2) is 11.5 Å². The normalized spacial score (nSPS) is 10.6. The van der Waals surface area contributed by atoms with Gasteiger partial charge in [-0.1, -0.05) is 25.1 Å². The van der Waals surface area contributed by atoms with Gasteiger partial charge in [0.2, 0.25) is 0 Å². The van der Waals surface area contributed by atoms with Gasteiger partial charge in [-0.15, -0.1) is 0 Å². The Morgan fingerprint density at radius 3 is 2.52 bits per heavy atom. The molecule has 3 aromatic rings. The maximum Gasteiger partial charge on any atom is 0.271 e. The van der Waals surface area contributed by atoms with Crippen LogP contribution in [0.2, 0.25) is 0 Å². The average molecular weight is 419 g/mol. The summed E-state index contributed by atoms with van der Waals surface area (Å²) >= 11 is 0. The van der Waals surface area contributed by atoms with Crippen LogP contribution in [-0.4, -0.2) is 30.1 Å². The molecule has 0 aliphatic rings. The second-order valence-electron chi connectivity index (χ2n) is 6.64. The van der Waals surface area contributed by atoms with E-state index in [0.29, 0.717) is 29.4 Å². The lowest BCUT2D eigenvalue weighted by Gasteiger charge is -2.11. The number of ether oxygens (including phenoxy) is 2. The van der Waals surface area contributed by atoms with Gasteiger partial charge in [-0.05, 0) is 54.5 Å². The van der Waals surface area contributed by atoms with Crippen molar-refractivity contribution in [3.05, 3.63) is 84.2 Å². The average Bonchev–Trinajstić information content (AvgIpc) is 3.35. The Morgan fingerprint density at radius 1 is 1.00 bits per heavy atom. The first-order chi connectivity index (χ1) is 15.1. The molecule has 1 aromatic heterocycles. The summed E-state index contributed by atoms with van der Waals surface area (Å²) in [5.41, 5.74) is 6.76. The van der Waals surface area contributed by atoms with Gasteiger partial charge in [0, 0.05) is 18.5 Å². The lowest BCUT2D eigenvalue weighted by Crippen LogP contribution is -2.41. The molecule has 0 atom stereocenters. The van der Waals surface area contributed by atoms with Crippen molar-refractivity contribution in [2.45, 2.75) is 13.3 Å². The number of aromatic nitrogens is 1. The second kappa shape index (κ2) is 10.7. The zero-order chi connectivity index (χ0) is 22.1. The van der Waals surface area contributed by atoms with E-state index in [9.17, 15) is 9.59 Å². The predicted molar refractivity (Wildman–Crippen MR) is 119 cm³/mol. The lowest BCUT2D eigenvalue weighted by molar-refractivity contribution is -0.117. The Hall–Kier alpha value is -4.00. The van der Waals surface area contributed by atoms with Gasteiger partial charge in [0.1, 0.15) is 0 Å². The molecule has 7 nitrogen and oxygen atoms in total. The van der Waals surface area contributed by atoms with Crippen molar-refractivity contribution in [1.29, 1.82) is 0 Å². The maximum absolute atomic E-state index is 12.6. The van der Waals surface area contributed by atoms with E-state index in [0.717, 1.165) is 12.0 Å². The minimum Gasteiger partial charge on any atom is -0.493 e. The Kier molecular flexibility index (Phi) is 7.48. The summed E-state index contributed by atoms with van der Waals surface area (Å²) in [6.45, 7) is 2.63. The first-order valence-electron chi connectivity index (χ1n) is 9.94. The summed E-state index contributed by atoms with van der Waals surface area (Å²) in [7, 11) is 1.56. The van der Waals surface area contributed by atoms with Crippen LogP contribution >= 0.6 is 0 Å². The Morgan fingerprint density at radius 2 is 1.77 bits per heavy atom. The zero-order valence-electron chi connectivity index (χ0n) is 17.5. The number of nitrogens with one attached hydrogen (secondary N) is 2. The highest BCUT2D eigenvalue weighted by Gasteiger charge is 2.12. The lowest BCUT2D eigenvalue weighted by atomic mass is 10.1. The van der Waals surface area contributed by atoms with E-state index in [1.807, 2.05) is 54.2 Å². The van der Waals surface area contributed by atoms with Gasteiger partial charge in [0.25, 0.3) is 11.8 Å². The van der Waals surface area contributed by atoms with Crippen LogP contribution in [0.25, 0.3) is 11.8 Å². The summed E-state index contributed by atoms with van der Waals surface area (Å²) in [6, 6.07) is 16.3. The Bertz CT molecular complexity index is 1060. The quantitative estimate of drug-likeness (QED) is 0.430. The maximum atomic E-state index is 12.6. The van der Waals surface area contributed by atoms with E-state index in [-0.39, 0.29) is 0 Å². The highest BCUT2D eigenvalue weighted by Crippen LogP contribution is 2.28. The smallest absolute Gasteiger partial charge is 0.271 e. The number of methoxy groups -OCH3 is 1. The minimum atomic E-state index is -0.461. The van der Waals surface area contributed by atoms with E-state index in [2.05, 4.69) is 10.9 Å². The summed E-state index contributed by atoms with van der Waals surface area (Å²) < 4.78 is 12.8. The predicted octanol–water partition coefficient (Wildman–Crippen LogP) is 3.75. The Balaban J connectivity index is 1.61. The number of rotatable bonds is 8. The van der Waals surface area contributed by atoms with Gasteiger partial charge in [-0.2, -0.15) is 0 Å². The molecule has 0 radical (unpaired) electrons. The molecule has 0 fully saturated rings. The van der Waals surface area contributed by atoms with Crippen LogP contribution in [0.3, 0.4) is 0 Å². The number of hydrogen-bond donors (Lipinski definition) is 2. The number of carbonyl (C=O) groups excluding carboxylic acids is 2. The van der Waals surface area contributed by atoms with E-state index in [4.69, 9.17) is 9.47 Å². The molecule has 2 aromatic carbocycles. The van der Waals surface area contributed by atoms with Crippen molar-refractivity contribution in [3.8, 4) is 17.2 Å². The standard InChI is InChI=1S/C24H25N3O4/c1-3-16-31-21-12-10-18(17-22(21)30-2)11-13-23(28)25-26-24(29)19-8-4-5-9-20(19)27-14-6-7-15-27/h4-15,17H,3,16H2,1-2H3,(H,25,28)(H,26,29)/b13-11+. The zero-order valence-corrected chi connectivity index (χ0v) is 17.5. The number of benzene rings is 2. The van der Waals surface area contributed by atoms with E-state index in [1.165, 1.54) is 6.08 Å². The first-order valence-corrected chi connectivity index (χ1v) is 9.94. The summed E-state index contributed by atoms with van der Waals surface area (Å²) in [5, 5.41) is 0. The molecule has 7 heteroatoms. The molecule has 2 amide bonds. The Labute approximate surface area is 181 Å². The molecule has 1 heterocycles. The highest BCUT2D eigenvalue weighted by atomic mass is 16.5. The van der Waals surface area contributed by atoms with Crippen molar-refractivity contribution in [2.24, 2.45) is 0 Å². The third kappa shape index (κ3) is 5.76. The van der Waals surface area contributed by atoms with Crippen molar-refractivity contribution in [2.75, 3.05) is 13.7 Å². The first kappa shape index (κ1) is 21.7. The van der Waals surface area contributed by atoms with Crippen LogP contribution in [0.1, 0.15) is 29.3 Å². The van der Waals surface area contributed by atoms with Crippen LogP contribution in [0.15, 0.2) is 73.1 Å². The van der Waals surface area contributed by atoms with Gasteiger partial charge < -0.3 is 14.0 Å². The molecule has 3 rings (SSSR count). The molecule has 0 saturated carbocycles. The summed E-state index contributed by atoms with van der Waals surface area (Å²) in [4.78, 5) is 24.7. The van der Waals surface area contributed by atoms with Gasteiger partial charge in [-0.3, -0.25) is 20.4 Å². The molecule has 0 aliphatic heterocycles. The SMILES string of the molecule is CCCOc1ccc(/C=C/C(=O)NNC(=O)c2ccccc2-n2cccc2)cc1OC. The molecule has 160 valence electrons. The molecular formula is C24H25N3O4. The fourth-order valence-corrected chi connectivity index (χ4v) is 2.90. The van der Waals surface area contributed by atoms with Crippen LogP contribution in [0, 0.1) is 0 Å². The molecular weight excluding hydrogens is 394 g/mol. The largest absolute Gasteiger partial charge is 0.493 e. The molecule has 2 N–H and O–H groups in total. The second-order valence-corrected chi connectivity index (χ2v) is 6.64. The third-order valence-corrected chi connectivity index (χ3v) is 4.41. The monoisotopic (exact) mass is 419 g/mol.